The van der Waals surface area contributed by atoms with E-state index < -0.39 is 10.8 Å². The summed E-state index contributed by atoms with van der Waals surface area (Å²) >= 11 is 0. The lowest BCUT2D eigenvalue weighted by Crippen LogP contribution is -2.35. The summed E-state index contributed by atoms with van der Waals surface area (Å²) in [6.45, 7) is 0.708. The molecular weight excluding hydrogens is 248 g/mol. The third kappa shape index (κ3) is 1.15. The van der Waals surface area contributed by atoms with E-state index in [0.717, 1.165) is 17.1 Å². The van der Waals surface area contributed by atoms with Crippen molar-refractivity contribution >= 4 is 28.7 Å². The number of aromatic nitrogens is 1. The van der Waals surface area contributed by atoms with E-state index in [-0.39, 0.29) is 0 Å². The van der Waals surface area contributed by atoms with Gasteiger partial charge in [0.2, 0.25) is 0 Å². The van der Waals surface area contributed by atoms with Gasteiger partial charge >= 0.3 is 0 Å². The lowest BCUT2D eigenvalue weighted by Gasteiger charge is -2.25. The maximum absolute atomic E-state index is 12.5. The zero-order valence-corrected chi connectivity index (χ0v) is 10.1. The average Bonchev–Trinajstić information content (AvgIpc) is 2.73. The topological polar surface area (TPSA) is 57.9 Å². The van der Waals surface area contributed by atoms with Crippen LogP contribution in [0.1, 0.15) is 5.56 Å². The standard InChI is InChI=1S/C12H8N4OS/c17-18-10-9(8-3-1-4-14-12(8)18)15-7-16-6-2-5-13-11(10)16/h1-5,7H,6H2. The molecule has 1 aromatic heterocycles. The minimum Gasteiger partial charge on any atom is -0.312 e. The van der Waals surface area contributed by atoms with Gasteiger partial charge in [0.25, 0.3) is 0 Å². The Balaban J connectivity index is 1.98. The fraction of sp³-hybridized carbons (Fsp3) is 0.0833. The fourth-order valence-electron chi connectivity index (χ4n) is 2.21. The van der Waals surface area contributed by atoms with Gasteiger partial charge in [-0.25, -0.2) is 19.2 Å². The summed E-state index contributed by atoms with van der Waals surface area (Å²) in [7, 11) is -1.28. The molecule has 0 radical (unpaired) electrons. The van der Waals surface area contributed by atoms with Crippen LogP contribution >= 0.6 is 0 Å². The molecule has 0 N–H and O–H groups in total. The molecule has 0 saturated carbocycles. The first kappa shape index (κ1) is 9.90. The van der Waals surface area contributed by atoms with Crippen molar-refractivity contribution in [3.05, 3.63) is 41.1 Å². The molecule has 0 saturated heterocycles. The molecule has 4 heterocycles. The van der Waals surface area contributed by atoms with Gasteiger partial charge in [-0.3, -0.25) is 0 Å². The third-order valence-electron chi connectivity index (χ3n) is 3.01. The predicted molar refractivity (Wildman–Crippen MR) is 69.3 cm³/mol. The van der Waals surface area contributed by atoms with Crippen LogP contribution in [-0.2, 0) is 10.8 Å². The van der Waals surface area contributed by atoms with Crippen LogP contribution in [0.5, 0.6) is 0 Å². The second kappa shape index (κ2) is 3.46. The molecule has 0 bridgehead atoms. The number of hydrogen-bond acceptors (Lipinski definition) is 5. The molecule has 3 aliphatic rings. The van der Waals surface area contributed by atoms with Gasteiger partial charge in [-0.2, -0.15) is 0 Å². The maximum atomic E-state index is 12.5. The van der Waals surface area contributed by atoms with Crippen molar-refractivity contribution in [3.8, 4) is 0 Å². The van der Waals surface area contributed by atoms with Crippen LogP contribution in [0.15, 0.2) is 50.5 Å². The summed E-state index contributed by atoms with van der Waals surface area (Å²) < 4.78 is 12.5. The first-order valence-electron chi connectivity index (χ1n) is 5.52. The first-order chi connectivity index (χ1) is 8.86. The number of nitrogens with zero attached hydrogens (tertiary/aromatic N) is 4. The summed E-state index contributed by atoms with van der Waals surface area (Å²) in [5.74, 6) is 0.721. The summed E-state index contributed by atoms with van der Waals surface area (Å²) in [4.78, 5) is 15.5. The van der Waals surface area contributed by atoms with E-state index in [2.05, 4.69) is 15.0 Å². The van der Waals surface area contributed by atoms with Gasteiger partial charge < -0.3 is 4.90 Å². The van der Waals surface area contributed by atoms with Crippen molar-refractivity contribution in [3.63, 3.8) is 0 Å². The highest BCUT2D eigenvalue weighted by Gasteiger charge is 2.37. The fourth-order valence-corrected chi connectivity index (χ4v) is 3.59. The Labute approximate surface area is 106 Å². The molecule has 1 aromatic rings. The Kier molecular flexibility index (Phi) is 1.90. The Morgan fingerprint density at radius 1 is 1.39 bits per heavy atom. The molecule has 1 unspecified atom stereocenters. The van der Waals surface area contributed by atoms with Gasteiger partial charge in [0, 0.05) is 24.5 Å². The minimum atomic E-state index is -1.28. The largest absolute Gasteiger partial charge is 0.312 e. The van der Waals surface area contributed by atoms with Crippen molar-refractivity contribution < 1.29 is 4.21 Å². The van der Waals surface area contributed by atoms with Crippen LogP contribution < -0.4 is 0 Å². The van der Waals surface area contributed by atoms with Crippen molar-refractivity contribution in [1.82, 2.24) is 9.88 Å². The van der Waals surface area contributed by atoms with Crippen molar-refractivity contribution in [2.45, 2.75) is 5.03 Å². The van der Waals surface area contributed by atoms with E-state index in [0.29, 0.717) is 16.5 Å². The third-order valence-corrected chi connectivity index (χ3v) is 4.43. The second-order valence-corrected chi connectivity index (χ2v) is 5.37. The Morgan fingerprint density at radius 2 is 2.33 bits per heavy atom. The second-order valence-electron chi connectivity index (χ2n) is 4.04. The molecule has 0 fully saturated rings. The lowest BCUT2D eigenvalue weighted by atomic mass is 10.2. The van der Waals surface area contributed by atoms with Gasteiger partial charge in [-0.1, -0.05) is 0 Å². The molecule has 5 nitrogen and oxygen atoms in total. The molecule has 4 rings (SSSR count). The molecule has 18 heavy (non-hydrogen) atoms. The van der Waals surface area contributed by atoms with Crippen LogP contribution in [0.2, 0.25) is 0 Å². The average molecular weight is 256 g/mol. The number of hydrogen-bond donors (Lipinski definition) is 0. The molecule has 3 aliphatic heterocycles. The van der Waals surface area contributed by atoms with Crippen LogP contribution in [0.3, 0.4) is 0 Å². The van der Waals surface area contributed by atoms with Crippen LogP contribution in [0, 0.1) is 0 Å². The van der Waals surface area contributed by atoms with Crippen LogP contribution in [0.4, 0.5) is 0 Å². The zero-order valence-electron chi connectivity index (χ0n) is 9.28. The van der Waals surface area contributed by atoms with Gasteiger partial charge in [0.1, 0.15) is 20.7 Å². The van der Waals surface area contributed by atoms with E-state index in [1.165, 1.54) is 0 Å². The van der Waals surface area contributed by atoms with E-state index in [9.17, 15) is 4.21 Å². The monoisotopic (exact) mass is 256 g/mol. The Bertz CT molecular complexity index is 702. The Morgan fingerprint density at radius 3 is 3.28 bits per heavy atom. The molecule has 0 amide bonds. The van der Waals surface area contributed by atoms with Crippen molar-refractivity contribution in [2.75, 3.05) is 6.54 Å². The highest BCUT2D eigenvalue weighted by molar-refractivity contribution is 7.90. The van der Waals surface area contributed by atoms with E-state index in [4.69, 9.17) is 0 Å². The zero-order chi connectivity index (χ0) is 12.1. The molecule has 6 heteroatoms. The van der Waals surface area contributed by atoms with Gasteiger partial charge in [0.05, 0.1) is 12.0 Å². The number of fused-ring (bicyclic) bond motifs is 4. The maximum Gasteiger partial charge on any atom is 0.152 e. The molecule has 0 spiro atoms. The SMILES string of the molecule is O=S1C2=C(N=CN3CC=CN=C23)c2cccnc21. The normalized spacial score (nSPS) is 23.7. The smallest absolute Gasteiger partial charge is 0.152 e. The molecule has 1 atom stereocenters. The highest BCUT2D eigenvalue weighted by Crippen LogP contribution is 2.38. The van der Waals surface area contributed by atoms with E-state index >= 15 is 0 Å². The van der Waals surface area contributed by atoms with E-state index in [1.54, 1.807) is 18.7 Å². The summed E-state index contributed by atoms with van der Waals surface area (Å²) in [5.41, 5.74) is 1.58. The van der Waals surface area contributed by atoms with Gasteiger partial charge in [-0.15, -0.1) is 0 Å². The molecule has 88 valence electrons. The van der Waals surface area contributed by atoms with E-state index in [1.807, 2.05) is 23.1 Å². The van der Waals surface area contributed by atoms with Gasteiger partial charge in [0.15, 0.2) is 5.84 Å². The molecule has 0 aromatic carbocycles. The summed E-state index contributed by atoms with van der Waals surface area (Å²) in [6.07, 6.45) is 7.06. The predicted octanol–water partition coefficient (Wildman–Crippen LogP) is 1.14. The lowest BCUT2D eigenvalue weighted by molar-refractivity contribution is 0.677. The summed E-state index contributed by atoms with van der Waals surface area (Å²) in [5, 5.41) is 0.582. The van der Waals surface area contributed by atoms with Crippen LogP contribution in [0.25, 0.3) is 5.70 Å². The number of amidine groups is 1. The molecule has 0 aliphatic carbocycles. The minimum absolute atomic E-state index is 0.582. The summed E-state index contributed by atoms with van der Waals surface area (Å²) in [6, 6.07) is 3.73. The van der Waals surface area contributed by atoms with Crippen molar-refractivity contribution in [2.24, 2.45) is 9.98 Å². The number of rotatable bonds is 0. The first-order valence-corrected chi connectivity index (χ1v) is 6.67. The molecular formula is C12H8N4OS. The quantitative estimate of drug-likeness (QED) is 0.699. The Hall–Kier alpha value is -2.08. The highest BCUT2D eigenvalue weighted by atomic mass is 32.2. The number of pyridine rings is 1. The van der Waals surface area contributed by atoms with Gasteiger partial charge in [-0.05, 0) is 18.2 Å². The van der Waals surface area contributed by atoms with Crippen LogP contribution in [-0.4, -0.2) is 32.8 Å². The number of aliphatic imine (C=N–C) groups is 2. The van der Waals surface area contributed by atoms with Crippen molar-refractivity contribution in [1.29, 1.82) is 0 Å².